The molecule has 326 valence electrons. The molecule has 2 N–H and O–H groups in total. The zero-order chi connectivity index (χ0) is 45.0. The summed E-state index contributed by atoms with van der Waals surface area (Å²) in [6, 6.07) is 42.3. The second kappa shape index (κ2) is 15.8. The molecule has 0 aromatic heterocycles. The minimum atomic E-state index is -0.0262. The van der Waals surface area contributed by atoms with Gasteiger partial charge in [-0.05, 0) is 211 Å². The summed E-state index contributed by atoms with van der Waals surface area (Å²) in [5.41, 5.74) is 27.8. The highest BCUT2D eigenvalue weighted by atomic mass is 79.9. The van der Waals surface area contributed by atoms with Gasteiger partial charge in [0, 0.05) is 42.5 Å². The fourth-order valence-electron chi connectivity index (χ4n) is 12.5. The molecule has 6 aromatic rings. The molecule has 0 radical (unpaired) electrons. The van der Waals surface area contributed by atoms with Crippen LogP contribution in [-0.4, -0.2) is 6.54 Å². The van der Waals surface area contributed by atoms with Gasteiger partial charge < -0.3 is 15.5 Å². The van der Waals surface area contributed by atoms with E-state index in [1.54, 1.807) is 0 Å². The second-order valence-electron chi connectivity index (χ2n) is 21.7. The molecule has 3 aliphatic rings. The van der Waals surface area contributed by atoms with Gasteiger partial charge in [0.05, 0.1) is 11.4 Å². The summed E-state index contributed by atoms with van der Waals surface area (Å²) in [7, 11) is 0. The van der Waals surface area contributed by atoms with Crippen molar-refractivity contribution in [3.63, 3.8) is 0 Å². The van der Waals surface area contributed by atoms with Gasteiger partial charge in [-0.1, -0.05) is 117 Å². The predicted octanol–water partition coefficient (Wildman–Crippen LogP) is 16.9. The summed E-state index contributed by atoms with van der Waals surface area (Å²) < 4.78 is 2.16. The Bertz CT molecular complexity index is 2500. The van der Waals surface area contributed by atoms with Gasteiger partial charge in [-0.2, -0.15) is 0 Å². The molecule has 0 heterocycles. The fraction of sp³-hybridized carbons (Fsp3) is 0.379. The quantitative estimate of drug-likeness (QED) is 0.173. The Hall–Kier alpha value is -4.16. The number of nitrogens with zero attached hydrogens (tertiary/aromatic N) is 2. The van der Waals surface area contributed by atoms with Crippen LogP contribution in [0.15, 0.2) is 118 Å². The summed E-state index contributed by atoms with van der Waals surface area (Å²) in [6.45, 7) is 26.3. The van der Waals surface area contributed by atoms with Crippen LogP contribution in [0.25, 0.3) is 11.1 Å². The number of benzene rings is 6. The van der Waals surface area contributed by atoms with Crippen molar-refractivity contribution in [2.75, 3.05) is 16.3 Å². The highest BCUT2D eigenvalue weighted by Crippen LogP contribution is 2.72. The van der Waals surface area contributed by atoms with Gasteiger partial charge in [0.1, 0.15) is 0 Å². The Morgan fingerprint density at radius 2 is 0.841 bits per heavy atom. The lowest BCUT2D eigenvalue weighted by Crippen LogP contribution is -2.43. The summed E-state index contributed by atoms with van der Waals surface area (Å²) in [6.07, 6.45) is 4.58. The van der Waals surface area contributed by atoms with Gasteiger partial charge >= 0.3 is 0 Å². The molecule has 0 spiro atoms. The molecule has 63 heavy (non-hydrogen) atoms. The van der Waals surface area contributed by atoms with Crippen LogP contribution in [0.3, 0.4) is 0 Å². The number of halogens is 2. The fourth-order valence-corrected chi connectivity index (χ4v) is 13.0. The van der Waals surface area contributed by atoms with Crippen molar-refractivity contribution in [2.45, 2.75) is 124 Å². The summed E-state index contributed by atoms with van der Waals surface area (Å²) in [5.74, 6) is 1.04. The molecule has 2 unspecified atom stereocenters. The van der Waals surface area contributed by atoms with Crippen LogP contribution in [-0.2, 0) is 21.7 Å². The molecule has 6 aromatic carbocycles. The molecule has 3 nitrogen and oxygen atoms in total. The molecule has 5 heteroatoms. The Balaban J connectivity index is 1.28. The predicted molar refractivity (Wildman–Crippen MR) is 277 cm³/mol. The maximum Gasteiger partial charge on any atom is 0.0520 e. The third kappa shape index (κ3) is 7.33. The molecular weight excluding hydrogens is 898 g/mol. The first-order chi connectivity index (χ1) is 29.7. The number of aryl methyl sites for hydroxylation is 4. The van der Waals surface area contributed by atoms with E-state index in [2.05, 4.69) is 227 Å². The van der Waals surface area contributed by atoms with E-state index in [1.165, 1.54) is 91.2 Å². The molecule has 0 bridgehead atoms. The number of nitrogens with two attached hydrogens (primary N) is 1. The Kier molecular flexibility index (Phi) is 11.0. The molecule has 9 rings (SSSR count). The van der Waals surface area contributed by atoms with Crippen molar-refractivity contribution < 1.29 is 0 Å². The lowest BCUT2D eigenvalue weighted by atomic mass is 9.55. The van der Waals surface area contributed by atoms with Crippen molar-refractivity contribution in [1.82, 2.24) is 0 Å². The number of anilines is 6. The van der Waals surface area contributed by atoms with E-state index in [-0.39, 0.29) is 21.7 Å². The van der Waals surface area contributed by atoms with Gasteiger partial charge in [0.15, 0.2) is 0 Å². The van der Waals surface area contributed by atoms with Gasteiger partial charge in [0.25, 0.3) is 0 Å². The Morgan fingerprint density at radius 3 is 1.16 bits per heavy atom. The smallest absolute Gasteiger partial charge is 0.0520 e. The van der Waals surface area contributed by atoms with Gasteiger partial charge in [-0.3, -0.25) is 0 Å². The average molecular weight is 964 g/mol. The molecule has 2 saturated carbocycles. The van der Waals surface area contributed by atoms with E-state index in [9.17, 15) is 0 Å². The van der Waals surface area contributed by atoms with Crippen LogP contribution in [0.4, 0.5) is 34.1 Å². The molecule has 0 aliphatic heterocycles. The third-order valence-corrected chi connectivity index (χ3v) is 16.1. The van der Waals surface area contributed by atoms with Crippen molar-refractivity contribution in [3.05, 3.63) is 163 Å². The zero-order valence-electron chi connectivity index (χ0n) is 39.3. The number of hydrogen-bond donors (Lipinski definition) is 1. The lowest BCUT2D eigenvalue weighted by Gasteiger charge is -2.48. The largest absolute Gasteiger partial charge is 0.330 e. The minimum Gasteiger partial charge on any atom is -0.330 e. The van der Waals surface area contributed by atoms with E-state index in [1.807, 2.05) is 0 Å². The van der Waals surface area contributed by atoms with Crippen molar-refractivity contribution in [1.29, 1.82) is 0 Å². The lowest BCUT2D eigenvalue weighted by molar-refractivity contribution is 0.299. The molecule has 0 saturated heterocycles. The molecule has 4 atom stereocenters. The van der Waals surface area contributed by atoms with Crippen LogP contribution in [0, 0.1) is 39.5 Å². The number of hydrogen-bond acceptors (Lipinski definition) is 3. The number of rotatable bonds is 7. The van der Waals surface area contributed by atoms with Crippen molar-refractivity contribution in [2.24, 2.45) is 17.6 Å². The average Bonchev–Trinajstić information content (AvgIpc) is 3.70. The van der Waals surface area contributed by atoms with E-state index in [0.717, 1.165) is 39.7 Å². The maximum atomic E-state index is 6.77. The van der Waals surface area contributed by atoms with E-state index < -0.39 is 0 Å². The van der Waals surface area contributed by atoms with E-state index >= 15 is 0 Å². The summed E-state index contributed by atoms with van der Waals surface area (Å²) in [4.78, 5) is 5.06. The second-order valence-corrected chi connectivity index (χ2v) is 23.5. The maximum absolute atomic E-state index is 6.77. The van der Waals surface area contributed by atoms with Crippen LogP contribution >= 0.6 is 31.9 Å². The topological polar surface area (TPSA) is 32.5 Å². The third-order valence-electron chi connectivity index (χ3n) is 15.1. The highest BCUT2D eigenvalue weighted by molar-refractivity contribution is 9.10. The van der Waals surface area contributed by atoms with Crippen LogP contribution in [0.5, 0.6) is 0 Å². The Morgan fingerprint density at radius 1 is 0.508 bits per heavy atom. The first-order valence-electron chi connectivity index (χ1n) is 23.1. The summed E-state index contributed by atoms with van der Waals surface area (Å²) in [5, 5.41) is 0. The van der Waals surface area contributed by atoms with Gasteiger partial charge in [-0.25, -0.2) is 0 Å². The van der Waals surface area contributed by atoms with Crippen LogP contribution in [0.1, 0.15) is 119 Å². The van der Waals surface area contributed by atoms with Crippen molar-refractivity contribution in [3.8, 4) is 11.1 Å². The van der Waals surface area contributed by atoms with Crippen molar-refractivity contribution >= 4 is 66.0 Å². The van der Waals surface area contributed by atoms with E-state index in [0.29, 0.717) is 11.8 Å². The molecule has 2 fully saturated rings. The molecular formula is C58H65Br2N3. The van der Waals surface area contributed by atoms with Gasteiger partial charge in [0.2, 0.25) is 0 Å². The van der Waals surface area contributed by atoms with Gasteiger partial charge in [-0.15, -0.1) is 0 Å². The first kappa shape index (κ1) is 44.1. The van der Waals surface area contributed by atoms with Crippen LogP contribution < -0.4 is 15.5 Å². The zero-order valence-corrected chi connectivity index (χ0v) is 42.5. The molecule has 0 amide bonds. The first-order valence-corrected chi connectivity index (χ1v) is 24.7. The van der Waals surface area contributed by atoms with Crippen LogP contribution in [0.2, 0.25) is 0 Å². The Labute approximate surface area is 394 Å². The number of fused-ring (bicyclic) bond motifs is 3. The minimum absolute atomic E-state index is 0.0262. The monoisotopic (exact) mass is 961 g/mol. The summed E-state index contributed by atoms with van der Waals surface area (Å²) >= 11 is 7.47. The molecule has 3 aliphatic carbocycles. The highest BCUT2D eigenvalue weighted by Gasteiger charge is 2.66. The normalized spacial score (nSPS) is 21.4. The van der Waals surface area contributed by atoms with E-state index in [4.69, 9.17) is 5.73 Å². The SMILES string of the molecule is Cc1cc(C(C)(C)C)cc(C)c1N(c1ccc(Br)cc1)c1ccc2c(c1)[C@@]13CC(C)C[C@@]1(CC(CN)C3)c1cc(N(c3ccc(Br)cc3)c3c(C)cc(C(C)(C)C)cc3C)ccc1-2. The standard InChI is InChI=1S/C58H65Br2N3/c1-35-30-57-32-40(34-61)33-58(57,31-35)52-29-48(63(46-18-14-44(60)15-19-46)54-38(4)26-42(27-39(54)5)56(9,10)11)21-23-50(52)49-22-20-47(28-51(49)57)62(45-16-12-43(59)13-17-45)53-36(2)24-41(25-37(53)3)55(6,7)8/h12-29,35,40H,30-34,61H2,1-11H3/t35?,40?,57-,58+.